The van der Waals surface area contributed by atoms with Gasteiger partial charge in [-0.1, -0.05) is 18.2 Å². The van der Waals surface area contributed by atoms with E-state index in [1.165, 1.54) is 11.3 Å². The zero-order valence-corrected chi connectivity index (χ0v) is 17.5. The predicted octanol–water partition coefficient (Wildman–Crippen LogP) is 4.14. The molecule has 1 amide bonds. The third kappa shape index (κ3) is 6.01. The van der Waals surface area contributed by atoms with Crippen LogP contribution >= 0.6 is 27.3 Å². The molecule has 0 aliphatic rings. The lowest BCUT2D eigenvalue weighted by Crippen LogP contribution is -2.28. The van der Waals surface area contributed by atoms with E-state index >= 15 is 0 Å². The first-order valence-corrected chi connectivity index (χ1v) is 10.2. The van der Waals surface area contributed by atoms with Crippen molar-refractivity contribution in [3.8, 4) is 11.5 Å². The van der Waals surface area contributed by atoms with Crippen molar-refractivity contribution in [3.05, 3.63) is 58.1 Å². The van der Waals surface area contributed by atoms with Crippen molar-refractivity contribution >= 4 is 44.1 Å². The van der Waals surface area contributed by atoms with E-state index in [2.05, 4.69) is 36.5 Å². The number of hydrogen-bond donors (Lipinski definition) is 2. The van der Waals surface area contributed by atoms with Crippen LogP contribution in [0.3, 0.4) is 0 Å². The Labute approximate surface area is 175 Å². The van der Waals surface area contributed by atoms with Crippen LogP contribution in [0.1, 0.15) is 5.69 Å². The summed E-state index contributed by atoms with van der Waals surface area (Å²) in [5.41, 5.74) is 0.685. The number of rotatable bonds is 9. The number of carbonyl (C=O) groups is 1. The molecule has 2 N–H and O–H groups in total. The van der Waals surface area contributed by atoms with E-state index in [1.54, 1.807) is 13.3 Å². The molecular formula is C19H19BrN4O3S. The Kier molecular flexibility index (Phi) is 7.35. The number of thiazole rings is 1. The lowest BCUT2D eigenvalue weighted by molar-refractivity contribution is -0.120. The van der Waals surface area contributed by atoms with Crippen LogP contribution in [0.5, 0.6) is 11.5 Å². The highest BCUT2D eigenvalue weighted by Gasteiger charge is 2.12. The van der Waals surface area contributed by atoms with Crippen LogP contribution in [-0.4, -0.2) is 36.1 Å². The summed E-state index contributed by atoms with van der Waals surface area (Å²) in [7, 11) is 1.59. The molecular weight excluding hydrogens is 444 g/mol. The van der Waals surface area contributed by atoms with Crippen LogP contribution in [0, 0.1) is 0 Å². The first-order valence-electron chi connectivity index (χ1n) is 8.49. The van der Waals surface area contributed by atoms with Crippen molar-refractivity contribution in [3.63, 3.8) is 0 Å². The van der Waals surface area contributed by atoms with Gasteiger partial charge in [-0.15, -0.1) is 11.3 Å². The second kappa shape index (κ2) is 10.2. The molecule has 0 saturated carbocycles. The molecule has 3 rings (SSSR count). The Balaban J connectivity index is 1.67. The Bertz CT molecular complexity index is 921. The van der Waals surface area contributed by atoms with E-state index in [4.69, 9.17) is 9.47 Å². The Hall–Kier alpha value is -2.49. The maximum atomic E-state index is 11.9. The van der Waals surface area contributed by atoms with Crippen molar-refractivity contribution < 1.29 is 14.3 Å². The third-order valence-electron chi connectivity index (χ3n) is 3.54. The molecule has 0 fully saturated rings. The molecule has 28 heavy (non-hydrogen) atoms. The average molecular weight is 463 g/mol. The molecule has 0 aliphatic heterocycles. The standard InChI is InChI=1S/C19H19BrN4O3S/c1-26-8-7-21-17(25)10-14-12-28-19(23-14)24-18-16(9-13(20)11-22-18)27-15-5-3-2-4-6-15/h2-6,9,11-12H,7-8,10H2,1H3,(H,21,25)(H,22,23,24). The zero-order valence-electron chi connectivity index (χ0n) is 15.1. The SMILES string of the molecule is COCCNC(=O)Cc1csc(Nc2ncc(Br)cc2Oc2ccccc2)n1. The van der Waals surface area contributed by atoms with Crippen LogP contribution in [0.15, 0.2) is 52.4 Å². The van der Waals surface area contributed by atoms with Gasteiger partial charge < -0.3 is 20.1 Å². The summed E-state index contributed by atoms with van der Waals surface area (Å²) in [6.45, 7) is 0.961. The van der Waals surface area contributed by atoms with Crippen molar-refractivity contribution in [1.82, 2.24) is 15.3 Å². The van der Waals surface area contributed by atoms with E-state index in [0.717, 1.165) is 4.47 Å². The molecule has 0 radical (unpaired) electrons. The third-order valence-corrected chi connectivity index (χ3v) is 4.78. The van der Waals surface area contributed by atoms with E-state index in [0.29, 0.717) is 41.3 Å². The van der Waals surface area contributed by atoms with Crippen LogP contribution in [-0.2, 0) is 16.0 Å². The maximum Gasteiger partial charge on any atom is 0.226 e. The number of nitrogens with zero attached hydrogens (tertiary/aromatic N) is 2. The smallest absolute Gasteiger partial charge is 0.226 e. The summed E-state index contributed by atoms with van der Waals surface area (Å²) in [6, 6.07) is 11.3. The van der Waals surface area contributed by atoms with E-state index in [1.807, 2.05) is 41.8 Å². The number of hydrogen-bond acceptors (Lipinski definition) is 7. The van der Waals surface area contributed by atoms with Gasteiger partial charge >= 0.3 is 0 Å². The van der Waals surface area contributed by atoms with Gasteiger partial charge in [0.15, 0.2) is 16.7 Å². The number of aromatic nitrogens is 2. The zero-order chi connectivity index (χ0) is 19.8. The van der Waals surface area contributed by atoms with Gasteiger partial charge in [0.1, 0.15) is 5.75 Å². The van der Waals surface area contributed by atoms with Crippen molar-refractivity contribution in [2.24, 2.45) is 0 Å². The molecule has 9 heteroatoms. The molecule has 0 atom stereocenters. The lowest BCUT2D eigenvalue weighted by Gasteiger charge is -2.11. The highest BCUT2D eigenvalue weighted by atomic mass is 79.9. The van der Waals surface area contributed by atoms with Gasteiger partial charge in [0.25, 0.3) is 0 Å². The largest absolute Gasteiger partial charge is 0.453 e. The highest BCUT2D eigenvalue weighted by Crippen LogP contribution is 2.33. The summed E-state index contributed by atoms with van der Waals surface area (Å²) in [5, 5.41) is 8.42. The first kappa shape index (κ1) is 20.2. The number of halogens is 1. The van der Waals surface area contributed by atoms with Gasteiger partial charge in [-0.3, -0.25) is 4.79 Å². The number of anilines is 2. The van der Waals surface area contributed by atoms with Gasteiger partial charge in [0.2, 0.25) is 5.91 Å². The number of para-hydroxylation sites is 1. The molecule has 0 bridgehead atoms. The van der Waals surface area contributed by atoms with Gasteiger partial charge in [-0.05, 0) is 28.1 Å². The fourth-order valence-electron chi connectivity index (χ4n) is 2.27. The predicted molar refractivity (Wildman–Crippen MR) is 112 cm³/mol. The molecule has 3 aromatic rings. The van der Waals surface area contributed by atoms with E-state index < -0.39 is 0 Å². The van der Waals surface area contributed by atoms with Crippen molar-refractivity contribution in [1.29, 1.82) is 0 Å². The van der Waals surface area contributed by atoms with Crippen LogP contribution in [0.25, 0.3) is 0 Å². The molecule has 0 saturated heterocycles. The van der Waals surface area contributed by atoms with Gasteiger partial charge in [-0.2, -0.15) is 0 Å². The number of ether oxygens (including phenoxy) is 2. The molecule has 2 aromatic heterocycles. The normalized spacial score (nSPS) is 10.5. The summed E-state index contributed by atoms with van der Waals surface area (Å²) >= 11 is 4.82. The van der Waals surface area contributed by atoms with Crippen molar-refractivity contribution in [2.45, 2.75) is 6.42 Å². The minimum Gasteiger partial charge on any atom is -0.453 e. The summed E-state index contributed by atoms with van der Waals surface area (Å²) in [4.78, 5) is 20.7. The van der Waals surface area contributed by atoms with Crippen molar-refractivity contribution in [2.75, 3.05) is 25.6 Å². The minimum absolute atomic E-state index is 0.0937. The number of nitrogens with one attached hydrogen (secondary N) is 2. The van der Waals surface area contributed by atoms with Crippen LogP contribution in [0.4, 0.5) is 10.9 Å². The number of carbonyl (C=O) groups excluding carboxylic acids is 1. The van der Waals surface area contributed by atoms with E-state index in [9.17, 15) is 4.79 Å². The van der Waals surface area contributed by atoms with Gasteiger partial charge in [-0.25, -0.2) is 9.97 Å². The first-order chi connectivity index (χ1) is 13.6. The van der Waals surface area contributed by atoms with Crippen LogP contribution in [0.2, 0.25) is 0 Å². The minimum atomic E-state index is -0.0937. The Morgan fingerprint density at radius 1 is 1.29 bits per heavy atom. The lowest BCUT2D eigenvalue weighted by atomic mass is 10.3. The number of pyridine rings is 1. The molecule has 0 unspecified atom stereocenters. The number of benzene rings is 1. The summed E-state index contributed by atoms with van der Waals surface area (Å²) < 4.78 is 11.7. The quantitative estimate of drug-likeness (QED) is 0.464. The topological polar surface area (TPSA) is 85.4 Å². The molecule has 2 heterocycles. The van der Waals surface area contributed by atoms with Gasteiger partial charge in [0, 0.05) is 35.8 Å². The molecule has 7 nitrogen and oxygen atoms in total. The number of methoxy groups -OCH3 is 1. The van der Waals surface area contributed by atoms with Gasteiger partial charge in [0.05, 0.1) is 18.7 Å². The molecule has 1 aromatic carbocycles. The van der Waals surface area contributed by atoms with Crippen LogP contribution < -0.4 is 15.4 Å². The summed E-state index contributed by atoms with van der Waals surface area (Å²) in [5.74, 6) is 1.72. The second-order valence-electron chi connectivity index (χ2n) is 5.70. The Morgan fingerprint density at radius 2 is 2.11 bits per heavy atom. The average Bonchev–Trinajstić information content (AvgIpc) is 3.12. The fourth-order valence-corrected chi connectivity index (χ4v) is 3.29. The molecule has 0 aliphatic carbocycles. The highest BCUT2D eigenvalue weighted by molar-refractivity contribution is 9.10. The maximum absolute atomic E-state index is 11.9. The molecule has 146 valence electrons. The Morgan fingerprint density at radius 3 is 2.89 bits per heavy atom. The van der Waals surface area contributed by atoms with E-state index in [-0.39, 0.29) is 12.3 Å². The summed E-state index contributed by atoms with van der Waals surface area (Å²) in [6.07, 6.45) is 1.89. The fraction of sp³-hybridized carbons (Fsp3) is 0.211. The number of amides is 1. The monoisotopic (exact) mass is 462 g/mol. The second-order valence-corrected chi connectivity index (χ2v) is 7.48. The molecule has 0 spiro atoms.